The van der Waals surface area contributed by atoms with Crippen LogP contribution in [0, 0.1) is 0 Å². The second-order valence-corrected chi connectivity index (χ2v) is 6.65. The number of carbonyl (C=O) groups excluding carboxylic acids is 1. The van der Waals surface area contributed by atoms with Crippen molar-refractivity contribution < 1.29 is 4.79 Å². The van der Waals surface area contributed by atoms with Crippen molar-refractivity contribution >= 4 is 21.8 Å². The quantitative estimate of drug-likeness (QED) is 0.544. The second-order valence-electron chi connectivity index (χ2n) is 5.79. The number of carbonyl (C=O) groups is 1. The van der Waals surface area contributed by atoms with E-state index < -0.39 is 0 Å². The molecule has 0 bridgehead atoms. The summed E-state index contributed by atoms with van der Waals surface area (Å²) in [6.45, 7) is 2.64. The van der Waals surface area contributed by atoms with Crippen molar-refractivity contribution in [2.24, 2.45) is 0 Å². The lowest BCUT2D eigenvalue weighted by Crippen LogP contribution is -2.35. The van der Waals surface area contributed by atoms with E-state index in [1.807, 2.05) is 72.5 Å². The van der Waals surface area contributed by atoms with Crippen molar-refractivity contribution in [1.29, 1.82) is 0 Å². The standard InChI is InChI=1S/C22H20BrNO/c1-2-24(22(25)19-15-9-10-16-20(19)23)21(17-11-5-3-6-12-17)18-13-7-4-8-14-18/h3-16,21H,2H2,1H3. The first-order valence-electron chi connectivity index (χ1n) is 8.37. The molecule has 0 heterocycles. The summed E-state index contributed by atoms with van der Waals surface area (Å²) >= 11 is 3.51. The van der Waals surface area contributed by atoms with Gasteiger partial charge in [-0.1, -0.05) is 72.8 Å². The van der Waals surface area contributed by atoms with E-state index in [1.165, 1.54) is 0 Å². The first-order chi connectivity index (χ1) is 12.2. The Balaban J connectivity index is 2.07. The highest BCUT2D eigenvalue weighted by atomic mass is 79.9. The van der Waals surface area contributed by atoms with Crippen LogP contribution in [0.4, 0.5) is 0 Å². The van der Waals surface area contributed by atoms with Gasteiger partial charge in [0.2, 0.25) is 0 Å². The van der Waals surface area contributed by atoms with Gasteiger partial charge >= 0.3 is 0 Å². The van der Waals surface area contributed by atoms with Crippen LogP contribution in [0.2, 0.25) is 0 Å². The van der Waals surface area contributed by atoms with Crippen molar-refractivity contribution in [3.63, 3.8) is 0 Å². The molecule has 0 aromatic heterocycles. The van der Waals surface area contributed by atoms with Gasteiger partial charge in [-0.15, -0.1) is 0 Å². The molecule has 0 fully saturated rings. The summed E-state index contributed by atoms with van der Waals surface area (Å²) in [5.41, 5.74) is 2.90. The van der Waals surface area contributed by atoms with Gasteiger partial charge in [-0.3, -0.25) is 4.79 Å². The maximum atomic E-state index is 13.3. The molecule has 3 aromatic carbocycles. The Kier molecular flexibility index (Phi) is 5.67. The van der Waals surface area contributed by atoms with Gasteiger partial charge in [0.15, 0.2) is 0 Å². The van der Waals surface area contributed by atoms with Crippen LogP contribution < -0.4 is 0 Å². The Morgan fingerprint density at radius 3 is 1.80 bits per heavy atom. The molecule has 1 amide bonds. The summed E-state index contributed by atoms with van der Waals surface area (Å²) in [7, 11) is 0. The first-order valence-corrected chi connectivity index (χ1v) is 9.17. The monoisotopic (exact) mass is 393 g/mol. The lowest BCUT2D eigenvalue weighted by atomic mass is 9.96. The average Bonchev–Trinajstić information content (AvgIpc) is 2.67. The van der Waals surface area contributed by atoms with Crippen molar-refractivity contribution in [2.75, 3.05) is 6.54 Å². The van der Waals surface area contributed by atoms with Crippen molar-refractivity contribution in [3.8, 4) is 0 Å². The number of amides is 1. The lowest BCUT2D eigenvalue weighted by Gasteiger charge is -2.32. The molecule has 3 rings (SSSR count). The van der Waals surface area contributed by atoms with E-state index in [4.69, 9.17) is 0 Å². The average molecular weight is 394 g/mol. The predicted molar refractivity (Wildman–Crippen MR) is 106 cm³/mol. The molecule has 0 N–H and O–H groups in total. The molecule has 0 atom stereocenters. The number of halogens is 1. The van der Waals surface area contributed by atoms with Crippen molar-refractivity contribution in [2.45, 2.75) is 13.0 Å². The topological polar surface area (TPSA) is 20.3 Å². The van der Waals surface area contributed by atoms with E-state index in [0.29, 0.717) is 12.1 Å². The Bertz CT molecular complexity index is 793. The van der Waals surface area contributed by atoms with Crippen LogP contribution in [-0.2, 0) is 0 Å². The summed E-state index contributed by atoms with van der Waals surface area (Å²) in [6.07, 6.45) is 0. The van der Waals surface area contributed by atoms with Gasteiger partial charge in [-0.2, -0.15) is 0 Å². The summed E-state index contributed by atoms with van der Waals surface area (Å²) < 4.78 is 0.818. The summed E-state index contributed by atoms with van der Waals surface area (Å²) in [4.78, 5) is 15.2. The molecular weight excluding hydrogens is 374 g/mol. The number of benzene rings is 3. The second kappa shape index (κ2) is 8.13. The van der Waals surface area contributed by atoms with E-state index >= 15 is 0 Å². The molecular formula is C22H20BrNO. The van der Waals surface area contributed by atoms with Crippen LogP contribution in [-0.4, -0.2) is 17.4 Å². The highest BCUT2D eigenvalue weighted by Gasteiger charge is 2.27. The van der Waals surface area contributed by atoms with Crippen molar-refractivity contribution in [3.05, 3.63) is 106 Å². The van der Waals surface area contributed by atoms with E-state index in [9.17, 15) is 4.79 Å². The van der Waals surface area contributed by atoms with Gasteiger partial charge in [-0.05, 0) is 46.1 Å². The SMILES string of the molecule is CCN(C(=O)c1ccccc1Br)C(c1ccccc1)c1ccccc1. The van der Waals surface area contributed by atoms with Crippen LogP contribution in [0.5, 0.6) is 0 Å². The van der Waals surface area contributed by atoms with Crippen LogP contribution in [0.25, 0.3) is 0 Å². The molecule has 0 aliphatic rings. The maximum absolute atomic E-state index is 13.3. The normalized spacial score (nSPS) is 10.7. The summed E-state index contributed by atoms with van der Waals surface area (Å²) in [5.74, 6) is 0.0210. The molecule has 25 heavy (non-hydrogen) atoms. The Hall–Kier alpha value is -2.39. The molecule has 0 saturated heterocycles. The molecule has 0 spiro atoms. The molecule has 0 aliphatic heterocycles. The molecule has 0 unspecified atom stereocenters. The zero-order chi connectivity index (χ0) is 17.6. The Morgan fingerprint density at radius 1 is 0.840 bits per heavy atom. The number of hydrogen-bond acceptors (Lipinski definition) is 1. The first kappa shape index (κ1) is 17.4. The minimum Gasteiger partial charge on any atom is -0.328 e. The summed E-state index contributed by atoms with van der Waals surface area (Å²) in [5, 5.41) is 0. The molecule has 3 heteroatoms. The van der Waals surface area contributed by atoms with E-state index in [-0.39, 0.29) is 11.9 Å². The predicted octanol–water partition coefficient (Wildman–Crippen LogP) is 5.70. The van der Waals surface area contributed by atoms with Gasteiger partial charge in [0, 0.05) is 11.0 Å². The third-order valence-corrected chi connectivity index (χ3v) is 4.94. The Labute approximate surface area is 157 Å². The lowest BCUT2D eigenvalue weighted by molar-refractivity contribution is 0.0716. The highest BCUT2D eigenvalue weighted by molar-refractivity contribution is 9.10. The molecule has 0 saturated carbocycles. The van der Waals surface area contributed by atoms with E-state index in [1.54, 1.807) is 0 Å². The molecule has 0 aliphatic carbocycles. The zero-order valence-electron chi connectivity index (χ0n) is 14.1. The Morgan fingerprint density at radius 2 is 1.32 bits per heavy atom. The number of hydrogen-bond donors (Lipinski definition) is 0. The molecule has 2 nitrogen and oxygen atoms in total. The zero-order valence-corrected chi connectivity index (χ0v) is 15.7. The number of nitrogens with zero attached hydrogens (tertiary/aromatic N) is 1. The highest BCUT2D eigenvalue weighted by Crippen LogP contribution is 2.31. The molecule has 3 aromatic rings. The summed E-state index contributed by atoms with van der Waals surface area (Å²) in [6, 6.07) is 27.8. The van der Waals surface area contributed by atoms with E-state index in [2.05, 4.69) is 40.2 Å². The van der Waals surface area contributed by atoms with E-state index in [0.717, 1.165) is 15.6 Å². The minimum absolute atomic E-state index is 0.0210. The fourth-order valence-electron chi connectivity index (χ4n) is 3.06. The van der Waals surface area contributed by atoms with Gasteiger partial charge < -0.3 is 4.90 Å². The van der Waals surface area contributed by atoms with Crippen LogP contribution >= 0.6 is 15.9 Å². The minimum atomic E-state index is -0.119. The van der Waals surface area contributed by atoms with Crippen LogP contribution in [0.15, 0.2) is 89.4 Å². The maximum Gasteiger partial charge on any atom is 0.255 e. The van der Waals surface area contributed by atoms with Gasteiger partial charge in [-0.25, -0.2) is 0 Å². The van der Waals surface area contributed by atoms with Gasteiger partial charge in [0.05, 0.1) is 11.6 Å². The van der Waals surface area contributed by atoms with Crippen LogP contribution in [0.1, 0.15) is 34.5 Å². The smallest absolute Gasteiger partial charge is 0.255 e. The van der Waals surface area contributed by atoms with Crippen molar-refractivity contribution in [1.82, 2.24) is 4.90 Å². The molecule has 0 radical (unpaired) electrons. The van der Waals surface area contributed by atoms with Gasteiger partial charge in [0.25, 0.3) is 5.91 Å². The number of rotatable bonds is 5. The molecule has 126 valence electrons. The fourth-order valence-corrected chi connectivity index (χ4v) is 3.51. The van der Waals surface area contributed by atoms with Crippen LogP contribution in [0.3, 0.4) is 0 Å². The largest absolute Gasteiger partial charge is 0.328 e. The fraction of sp³-hybridized carbons (Fsp3) is 0.136. The third-order valence-electron chi connectivity index (χ3n) is 4.25. The third kappa shape index (κ3) is 3.83. The van der Waals surface area contributed by atoms with Gasteiger partial charge in [0.1, 0.15) is 0 Å².